The molecular formula is C17H28FN3. The minimum Gasteiger partial charge on any atom is -0.324 e. The maximum Gasteiger partial charge on any atom is 0.123 e. The van der Waals surface area contributed by atoms with Crippen molar-refractivity contribution in [3.8, 4) is 0 Å². The number of piperidine rings is 1. The van der Waals surface area contributed by atoms with Crippen molar-refractivity contribution in [1.82, 2.24) is 9.80 Å². The van der Waals surface area contributed by atoms with Crippen molar-refractivity contribution in [1.29, 1.82) is 0 Å². The van der Waals surface area contributed by atoms with Crippen molar-refractivity contribution < 1.29 is 4.39 Å². The minimum absolute atomic E-state index is 0.0827. The molecule has 1 aromatic carbocycles. The van der Waals surface area contributed by atoms with Crippen molar-refractivity contribution in [2.24, 2.45) is 11.7 Å². The lowest BCUT2D eigenvalue weighted by molar-refractivity contribution is 0.174. The molecule has 0 bridgehead atoms. The second-order valence-electron chi connectivity index (χ2n) is 6.46. The van der Waals surface area contributed by atoms with E-state index in [1.54, 1.807) is 12.1 Å². The van der Waals surface area contributed by atoms with E-state index in [2.05, 4.69) is 23.9 Å². The third-order valence-corrected chi connectivity index (χ3v) is 4.51. The molecule has 21 heavy (non-hydrogen) atoms. The zero-order valence-electron chi connectivity index (χ0n) is 13.3. The number of benzene rings is 1. The van der Waals surface area contributed by atoms with Gasteiger partial charge >= 0.3 is 0 Å². The Labute approximate surface area is 127 Å². The second kappa shape index (κ2) is 7.87. The van der Waals surface area contributed by atoms with Gasteiger partial charge in [0.2, 0.25) is 0 Å². The molecule has 1 aliphatic heterocycles. The number of nitrogens with zero attached hydrogens (tertiary/aromatic N) is 2. The Morgan fingerprint density at radius 1 is 1.38 bits per heavy atom. The van der Waals surface area contributed by atoms with Crippen molar-refractivity contribution in [3.63, 3.8) is 0 Å². The van der Waals surface area contributed by atoms with Gasteiger partial charge in [0.15, 0.2) is 0 Å². The predicted octanol–water partition coefficient (Wildman–Crippen LogP) is 2.49. The number of hydrogen-bond acceptors (Lipinski definition) is 3. The van der Waals surface area contributed by atoms with Gasteiger partial charge in [0, 0.05) is 12.6 Å². The largest absolute Gasteiger partial charge is 0.324 e. The van der Waals surface area contributed by atoms with E-state index in [0.717, 1.165) is 31.0 Å². The summed E-state index contributed by atoms with van der Waals surface area (Å²) in [5.74, 6) is 0.597. The molecule has 1 unspecified atom stereocenters. The van der Waals surface area contributed by atoms with Crippen LogP contribution in [0.25, 0.3) is 0 Å². The first kappa shape index (κ1) is 16.4. The van der Waals surface area contributed by atoms with Gasteiger partial charge in [-0.1, -0.05) is 12.1 Å². The highest BCUT2D eigenvalue weighted by Gasteiger charge is 2.18. The van der Waals surface area contributed by atoms with Crippen LogP contribution in [0.5, 0.6) is 0 Å². The third kappa shape index (κ3) is 5.38. The van der Waals surface area contributed by atoms with E-state index in [9.17, 15) is 4.39 Å². The summed E-state index contributed by atoms with van der Waals surface area (Å²) in [5, 5.41) is 0. The van der Waals surface area contributed by atoms with Crippen LogP contribution in [-0.4, -0.2) is 50.1 Å². The normalized spacial score (nSPS) is 19.1. The lowest BCUT2D eigenvalue weighted by atomic mass is 9.96. The number of nitrogens with two attached hydrogens (primary N) is 1. The Morgan fingerprint density at radius 3 is 2.76 bits per heavy atom. The number of likely N-dealkylation sites (tertiary alicyclic amines) is 1. The quantitative estimate of drug-likeness (QED) is 0.874. The number of rotatable bonds is 6. The Bertz CT molecular complexity index is 430. The van der Waals surface area contributed by atoms with Crippen LogP contribution in [0.3, 0.4) is 0 Å². The number of halogens is 1. The highest BCUT2D eigenvalue weighted by molar-refractivity contribution is 5.19. The van der Waals surface area contributed by atoms with Gasteiger partial charge in [-0.05, 0) is 76.6 Å². The molecule has 1 aromatic rings. The molecule has 2 N–H and O–H groups in total. The molecule has 118 valence electrons. The van der Waals surface area contributed by atoms with E-state index in [1.165, 1.54) is 32.0 Å². The topological polar surface area (TPSA) is 32.5 Å². The lowest BCUT2D eigenvalue weighted by Gasteiger charge is -2.32. The van der Waals surface area contributed by atoms with Gasteiger partial charge in [-0.25, -0.2) is 4.39 Å². The molecule has 1 fully saturated rings. The Morgan fingerprint density at radius 2 is 2.10 bits per heavy atom. The van der Waals surface area contributed by atoms with Crippen LogP contribution < -0.4 is 5.73 Å². The van der Waals surface area contributed by atoms with Crippen molar-refractivity contribution in [2.75, 3.05) is 40.3 Å². The zero-order chi connectivity index (χ0) is 15.2. The predicted molar refractivity (Wildman–Crippen MR) is 85.7 cm³/mol. The molecule has 0 saturated carbocycles. The van der Waals surface area contributed by atoms with E-state index in [1.807, 2.05) is 6.07 Å². The van der Waals surface area contributed by atoms with Gasteiger partial charge in [0.25, 0.3) is 0 Å². The summed E-state index contributed by atoms with van der Waals surface area (Å²) in [6.07, 6.45) is 3.44. The van der Waals surface area contributed by atoms with Crippen LogP contribution in [0.4, 0.5) is 4.39 Å². The molecule has 0 aliphatic carbocycles. The maximum absolute atomic E-state index is 13.2. The molecule has 2 rings (SSSR count). The van der Waals surface area contributed by atoms with Crippen molar-refractivity contribution in [2.45, 2.75) is 25.3 Å². The summed E-state index contributed by atoms with van der Waals surface area (Å²) < 4.78 is 13.2. The van der Waals surface area contributed by atoms with Gasteiger partial charge in [0.1, 0.15) is 5.82 Å². The summed E-state index contributed by atoms with van der Waals surface area (Å²) in [6.45, 7) is 4.52. The Hall–Kier alpha value is -0.970. The SMILES string of the molecule is CN1CCC(CN(C)CCC(N)c2cccc(F)c2)CC1. The smallest absolute Gasteiger partial charge is 0.123 e. The van der Waals surface area contributed by atoms with E-state index in [-0.39, 0.29) is 11.9 Å². The molecule has 3 nitrogen and oxygen atoms in total. The molecule has 1 saturated heterocycles. The average molecular weight is 293 g/mol. The molecule has 0 spiro atoms. The first-order valence-corrected chi connectivity index (χ1v) is 7.92. The summed E-state index contributed by atoms with van der Waals surface area (Å²) in [6, 6.07) is 6.56. The van der Waals surface area contributed by atoms with Crippen molar-refractivity contribution >= 4 is 0 Å². The molecule has 0 amide bonds. The van der Waals surface area contributed by atoms with Crippen LogP contribution >= 0.6 is 0 Å². The summed E-state index contributed by atoms with van der Waals surface area (Å²) in [7, 11) is 4.36. The fourth-order valence-electron chi connectivity index (χ4n) is 3.04. The first-order chi connectivity index (χ1) is 10.0. The highest BCUT2D eigenvalue weighted by Crippen LogP contribution is 2.19. The maximum atomic E-state index is 13.2. The molecule has 1 atom stereocenters. The van der Waals surface area contributed by atoms with Gasteiger partial charge in [-0.2, -0.15) is 0 Å². The first-order valence-electron chi connectivity index (χ1n) is 7.92. The van der Waals surface area contributed by atoms with Crippen LogP contribution in [0.15, 0.2) is 24.3 Å². The van der Waals surface area contributed by atoms with Gasteiger partial charge in [0.05, 0.1) is 0 Å². The molecule has 0 radical (unpaired) electrons. The van der Waals surface area contributed by atoms with Crippen LogP contribution in [0, 0.1) is 11.7 Å². The highest BCUT2D eigenvalue weighted by atomic mass is 19.1. The summed E-state index contributed by atoms with van der Waals surface area (Å²) in [5.41, 5.74) is 7.05. The standard InChI is InChI=1S/C17H28FN3/c1-20-9-6-14(7-10-20)13-21(2)11-8-17(19)15-4-3-5-16(18)12-15/h3-5,12,14,17H,6-11,13,19H2,1-2H3. The molecule has 0 aromatic heterocycles. The second-order valence-corrected chi connectivity index (χ2v) is 6.46. The fourth-order valence-corrected chi connectivity index (χ4v) is 3.04. The summed E-state index contributed by atoms with van der Waals surface area (Å²) in [4.78, 5) is 4.77. The molecule has 4 heteroatoms. The van der Waals surface area contributed by atoms with Crippen LogP contribution in [0.1, 0.15) is 30.9 Å². The van der Waals surface area contributed by atoms with E-state index in [0.29, 0.717) is 0 Å². The molecular weight excluding hydrogens is 265 g/mol. The molecule has 1 heterocycles. The third-order valence-electron chi connectivity index (χ3n) is 4.51. The van der Waals surface area contributed by atoms with Crippen LogP contribution in [0.2, 0.25) is 0 Å². The Kier molecular flexibility index (Phi) is 6.15. The van der Waals surface area contributed by atoms with E-state index in [4.69, 9.17) is 5.73 Å². The van der Waals surface area contributed by atoms with E-state index >= 15 is 0 Å². The van der Waals surface area contributed by atoms with Crippen LogP contribution in [-0.2, 0) is 0 Å². The fraction of sp³-hybridized carbons (Fsp3) is 0.647. The lowest BCUT2D eigenvalue weighted by Crippen LogP contribution is -2.36. The minimum atomic E-state index is -0.206. The Balaban J connectivity index is 1.72. The monoisotopic (exact) mass is 293 g/mol. The zero-order valence-corrected chi connectivity index (χ0v) is 13.3. The van der Waals surface area contributed by atoms with Gasteiger partial charge in [-0.15, -0.1) is 0 Å². The van der Waals surface area contributed by atoms with Gasteiger partial charge in [-0.3, -0.25) is 0 Å². The van der Waals surface area contributed by atoms with Gasteiger partial charge < -0.3 is 15.5 Å². The summed E-state index contributed by atoms with van der Waals surface area (Å²) >= 11 is 0. The molecule has 1 aliphatic rings. The number of hydrogen-bond donors (Lipinski definition) is 1. The van der Waals surface area contributed by atoms with Crippen molar-refractivity contribution in [3.05, 3.63) is 35.6 Å². The average Bonchev–Trinajstić information content (AvgIpc) is 2.47. The van der Waals surface area contributed by atoms with E-state index < -0.39 is 0 Å².